The Hall–Kier alpha value is -3.03. The molecule has 144 valence electrons. The maximum atomic E-state index is 12.4. The van der Waals surface area contributed by atoms with Crippen molar-refractivity contribution in [1.29, 1.82) is 0 Å². The summed E-state index contributed by atoms with van der Waals surface area (Å²) >= 11 is 0. The number of nitrogens with zero attached hydrogens (tertiary/aromatic N) is 1. The molecule has 2 aromatic carbocycles. The summed E-state index contributed by atoms with van der Waals surface area (Å²) in [5, 5.41) is 2.84. The summed E-state index contributed by atoms with van der Waals surface area (Å²) in [6.45, 7) is 0.683. The van der Waals surface area contributed by atoms with Crippen LogP contribution in [0.15, 0.2) is 84.0 Å². The van der Waals surface area contributed by atoms with E-state index in [1.807, 2.05) is 30.3 Å². The first-order valence-electron chi connectivity index (χ1n) is 8.85. The van der Waals surface area contributed by atoms with Gasteiger partial charge in [-0.3, -0.25) is 9.78 Å². The highest BCUT2D eigenvalue weighted by Gasteiger charge is 2.14. The Balaban J connectivity index is 1.55. The monoisotopic (exact) mass is 395 g/mol. The third-order valence-electron chi connectivity index (χ3n) is 4.18. The zero-order valence-corrected chi connectivity index (χ0v) is 16.0. The van der Waals surface area contributed by atoms with Crippen molar-refractivity contribution in [2.24, 2.45) is 0 Å². The second-order valence-corrected chi connectivity index (χ2v) is 7.96. The summed E-state index contributed by atoms with van der Waals surface area (Å²) in [6, 6.07) is 19.2. The van der Waals surface area contributed by atoms with E-state index in [-0.39, 0.29) is 17.3 Å². The van der Waals surface area contributed by atoms with E-state index in [9.17, 15) is 13.2 Å². The zero-order chi connectivity index (χ0) is 19.8. The molecule has 0 atom stereocenters. The van der Waals surface area contributed by atoms with Crippen molar-refractivity contribution in [1.82, 2.24) is 15.0 Å². The molecule has 0 unspecified atom stereocenters. The van der Waals surface area contributed by atoms with Gasteiger partial charge in [0.2, 0.25) is 10.0 Å². The van der Waals surface area contributed by atoms with Crippen molar-refractivity contribution in [3.05, 3.63) is 95.8 Å². The molecule has 0 aliphatic heterocycles. The van der Waals surface area contributed by atoms with Crippen LogP contribution < -0.4 is 10.0 Å². The Kier molecular flexibility index (Phi) is 6.52. The zero-order valence-electron chi connectivity index (χ0n) is 15.2. The molecule has 3 rings (SSSR count). The van der Waals surface area contributed by atoms with Crippen LogP contribution in [0.5, 0.6) is 0 Å². The lowest BCUT2D eigenvalue weighted by Crippen LogP contribution is -2.26. The Morgan fingerprint density at radius 2 is 1.54 bits per heavy atom. The number of rotatable bonds is 8. The predicted octanol–water partition coefficient (Wildman–Crippen LogP) is 2.53. The minimum atomic E-state index is -3.66. The van der Waals surface area contributed by atoms with Gasteiger partial charge in [0.15, 0.2) is 0 Å². The van der Waals surface area contributed by atoms with Gasteiger partial charge in [-0.05, 0) is 53.9 Å². The van der Waals surface area contributed by atoms with Crippen LogP contribution >= 0.6 is 0 Å². The van der Waals surface area contributed by atoms with Crippen molar-refractivity contribution >= 4 is 15.9 Å². The third kappa shape index (κ3) is 5.48. The van der Waals surface area contributed by atoms with Gasteiger partial charge in [-0.2, -0.15) is 0 Å². The quantitative estimate of drug-likeness (QED) is 0.613. The van der Waals surface area contributed by atoms with Gasteiger partial charge in [-0.15, -0.1) is 0 Å². The van der Waals surface area contributed by atoms with E-state index < -0.39 is 10.0 Å². The fraction of sp³-hybridized carbons (Fsp3) is 0.143. The lowest BCUT2D eigenvalue weighted by atomic mass is 10.1. The second-order valence-electron chi connectivity index (χ2n) is 6.20. The average molecular weight is 395 g/mol. The van der Waals surface area contributed by atoms with Crippen molar-refractivity contribution < 1.29 is 13.2 Å². The molecule has 0 bridgehead atoms. The van der Waals surface area contributed by atoms with E-state index in [1.165, 1.54) is 24.3 Å². The van der Waals surface area contributed by atoms with Crippen LogP contribution in [0.3, 0.4) is 0 Å². The Morgan fingerprint density at radius 3 is 2.21 bits per heavy atom. The molecule has 0 spiro atoms. The summed E-state index contributed by atoms with van der Waals surface area (Å²) in [7, 11) is -3.66. The first-order valence-corrected chi connectivity index (χ1v) is 10.3. The van der Waals surface area contributed by atoms with Gasteiger partial charge in [0.05, 0.1) is 4.90 Å². The van der Waals surface area contributed by atoms with Crippen LogP contribution in [0.2, 0.25) is 0 Å². The van der Waals surface area contributed by atoms with E-state index in [1.54, 1.807) is 24.5 Å². The number of carbonyl (C=O) groups excluding carboxylic acids is 1. The molecule has 0 saturated heterocycles. The Morgan fingerprint density at radius 1 is 0.857 bits per heavy atom. The van der Waals surface area contributed by atoms with E-state index in [4.69, 9.17) is 0 Å². The molecular weight excluding hydrogens is 374 g/mol. The van der Waals surface area contributed by atoms with Crippen molar-refractivity contribution in [2.75, 3.05) is 6.54 Å². The van der Waals surface area contributed by atoms with Crippen molar-refractivity contribution in [2.45, 2.75) is 17.9 Å². The van der Waals surface area contributed by atoms with Gasteiger partial charge < -0.3 is 5.32 Å². The minimum absolute atomic E-state index is 0.113. The summed E-state index contributed by atoms with van der Waals surface area (Å²) in [5.41, 5.74) is 2.37. The number of aromatic nitrogens is 1. The molecule has 0 saturated carbocycles. The summed E-state index contributed by atoms with van der Waals surface area (Å²) in [4.78, 5) is 16.2. The van der Waals surface area contributed by atoms with Gasteiger partial charge in [0.1, 0.15) is 0 Å². The van der Waals surface area contributed by atoms with Gasteiger partial charge in [-0.1, -0.05) is 30.3 Å². The molecule has 0 aliphatic rings. The van der Waals surface area contributed by atoms with Gasteiger partial charge in [0, 0.05) is 31.0 Å². The van der Waals surface area contributed by atoms with Crippen LogP contribution in [-0.2, 0) is 23.0 Å². The number of amides is 1. The number of hydrogen-bond donors (Lipinski definition) is 2. The van der Waals surface area contributed by atoms with E-state index >= 15 is 0 Å². The number of nitrogens with one attached hydrogen (secondary N) is 2. The fourth-order valence-electron chi connectivity index (χ4n) is 2.61. The molecule has 7 heteroatoms. The third-order valence-corrected chi connectivity index (χ3v) is 5.60. The van der Waals surface area contributed by atoms with Crippen molar-refractivity contribution in [3.8, 4) is 0 Å². The summed E-state index contributed by atoms with van der Waals surface area (Å²) < 4.78 is 27.3. The average Bonchev–Trinajstić information content (AvgIpc) is 2.74. The first-order chi connectivity index (χ1) is 13.5. The van der Waals surface area contributed by atoms with E-state index in [2.05, 4.69) is 15.0 Å². The highest BCUT2D eigenvalue weighted by Crippen LogP contribution is 2.11. The predicted molar refractivity (Wildman–Crippen MR) is 107 cm³/mol. The molecule has 1 amide bonds. The SMILES string of the molecule is O=C(NCCc1ccccc1)c1ccc(S(=O)(=O)NCc2ccncc2)cc1. The standard InChI is InChI=1S/C21H21N3O3S/c25-21(23-15-12-17-4-2-1-3-5-17)19-6-8-20(9-7-19)28(26,27)24-16-18-10-13-22-14-11-18/h1-11,13-14,24H,12,15-16H2,(H,23,25). The van der Waals surface area contributed by atoms with E-state index in [0.717, 1.165) is 17.5 Å². The first kappa shape index (κ1) is 19.7. The maximum absolute atomic E-state index is 12.4. The highest BCUT2D eigenvalue weighted by atomic mass is 32.2. The molecule has 2 N–H and O–H groups in total. The second kappa shape index (κ2) is 9.25. The molecule has 28 heavy (non-hydrogen) atoms. The maximum Gasteiger partial charge on any atom is 0.251 e. The van der Waals surface area contributed by atoms with Crippen LogP contribution in [0.25, 0.3) is 0 Å². The Labute approximate surface area is 164 Å². The lowest BCUT2D eigenvalue weighted by Gasteiger charge is -2.08. The summed E-state index contributed by atoms with van der Waals surface area (Å²) in [5.74, 6) is -0.232. The lowest BCUT2D eigenvalue weighted by molar-refractivity contribution is 0.0954. The Bertz CT molecular complexity index is 1010. The smallest absolute Gasteiger partial charge is 0.251 e. The van der Waals surface area contributed by atoms with E-state index in [0.29, 0.717) is 12.1 Å². The molecule has 3 aromatic rings. The normalized spacial score (nSPS) is 11.1. The largest absolute Gasteiger partial charge is 0.352 e. The molecular formula is C21H21N3O3S. The summed E-state index contributed by atoms with van der Waals surface area (Å²) in [6.07, 6.45) is 3.95. The number of hydrogen-bond acceptors (Lipinski definition) is 4. The number of sulfonamides is 1. The van der Waals surface area contributed by atoms with Crippen LogP contribution in [-0.4, -0.2) is 25.9 Å². The molecule has 0 aliphatic carbocycles. The van der Waals surface area contributed by atoms with Crippen LogP contribution in [0.4, 0.5) is 0 Å². The molecule has 1 heterocycles. The highest BCUT2D eigenvalue weighted by molar-refractivity contribution is 7.89. The fourth-order valence-corrected chi connectivity index (χ4v) is 3.63. The van der Waals surface area contributed by atoms with Gasteiger partial charge in [0.25, 0.3) is 5.91 Å². The van der Waals surface area contributed by atoms with Crippen LogP contribution in [0.1, 0.15) is 21.5 Å². The van der Waals surface area contributed by atoms with Gasteiger partial charge >= 0.3 is 0 Å². The number of carbonyl (C=O) groups is 1. The molecule has 1 aromatic heterocycles. The number of benzene rings is 2. The minimum Gasteiger partial charge on any atom is -0.352 e. The molecule has 6 nitrogen and oxygen atoms in total. The van der Waals surface area contributed by atoms with Crippen LogP contribution in [0, 0.1) is 0 Å². The molecule has 0 radical (unpaired) electrons. The molecule has 0 fully saturated rings. The van der Waals surface area contributed by atoms with Crippen molar-refractivity contribution in [3.63, 3.8) is 0 Å². The number of pyridine rings is 1. The topological polar surface area (TPSA) is 88.2 Å². The van der Waals surface area contributed by atoms with Gasteiger partial charge in [-0.25, -0.2) is 13.1 Å².